The summed E-state index contributed by atoms with van der Waals surface area (Å²) in [5, 5.41) is 0. The highest BCUT2D eigenvalue weighted by Crippen LogP contribution is 2.37. The van der Waals surface area contributed by atoms with E-state index in [4.69, 9.17) is 0 Å². The van der Waals surface area contributed by atoms with Crippen molar-refractivity contribution in [1.82, 2.24) is 9.21 Å². The molecule has 0 aromatic heterocycles. The monoisotopic (exact) mass is 300 g/mol. The van der Waals surface area contributed by atoms with Gasteiger partial charge in [0.05, 0.1) is 0 Å². The maximum absolute atomic E-state index is 12.3. The number of rotatable bonds is 2. The number of hydrogen-bond donors (Lipinski definition) is 0. The molecule has 2 aliphatic rings. The van der Waals surface area contributed by atoms with Crippen molar-refractivity contribution in [3.05, 3.63) is 0 Å². The van der Waals surface area contributed by atoms with E-state index in [-0.39, 0.29) is 24.2 Å². The molecule has 0 spiro atoms. The van der Waals surface area contributed by atoms with Crippen molar-refractivity contribution in [1.29, 1.82) is 0 Å². The van der Waals surface area contributed by atoms with Crippen molar-refractivity contribution in [2.24, 2.45) is 0 Å². The van der Waals surface area contributed by atoms with E-state index in [1.54, 1.807) is 0 Å². The first-order chi connectivity index (χ1) is 8.40. The molecule has 2 aliphatic heterocycles. The van der Waals surface area contributed by atoms with Crippen LogP contribution in [0, 0.1) is 0 Å². The second-order valence-corrected chi connectivity index (χ2v) is 8.23. The lowest BCUT2D eigenvalue weighted by Gasteiger charge is -2.41. The summed E-state index contributed by atoms with van der Waals surface area (Å²) in [6, 6.07) is -0.274. The quantitative estimate of drug-likeness (QED) is 0.775. The fourth-order valence-corrected chi connectivity index (χ4v) is 4.67. The van der Waals surface area contributed by atoms with Crippen LogP contribution in [-0.2, 0) is 10.0 Å². The van der Waals surface area contributed by atoms with Crippen molar-refractivity contribution < 1.29 is 21.6 Å². The predicted octanol–water partition coefficient (Wildman–Crippen LogP) is 1.44. The van der Waals surface area contributed by atoms with Gasteiger partial charge in [0, 0.05) is 30.7 Å². The summed E-state index contributed by atoms with van der Waals surface area (Å²) in [4.78, 5) is 2.18. The van der Waals surface area contributed by atoms with Crippen LogP contribution in [0.4, 0.5) is 13.2 Å². The first-order valence-corrected chi connectivity index (χ1v) is 7.84. The molecule has 112 valence electrons. The van der Waals surface area contributed by atoms with Crippen LogP contribution >= 0.6 is 0 Å². The minimum Gasteiger partial charge on any atom is -0.293 e. The Morgan fingerprint density at radius 2 is 1.68 bits per heavy atom. The van der Waals surface area contributed by atoms with E-state index < -0.39 is 22.0 Å². The summed E-state index contributed by atoms with van der Waals surface area (Å²) in [6.45, 7) is 6.79. The molecule has 2 bridgehead atoms. The van der Waals surface area contributed by atoms with Crippen LogP contribution in [0.25, 0.3) is 0 Å². The van der Waals surface area contributed by atoms with Gasteiger partial charge in [-0.1, -0.05) is 0 Å². The SMILES string of the molecule is CC(C)(C)N1CC2CC1CN2S(=O)(=O)CC(F)(F)F. The zero-order valence-electron chi connectivity index (χ0n) is 11.2. The van der Waals surface area contributed by atoms with Gasteiger partial charge in [0.25, 0.3) is 0 Å². The van der Waals surface area contributed by atoms with Gasteiger partial charge < -0.3 is 0 Å². The van der Waals surface area contributed by atoms with Gasteiger partial charge in [-0.15, -0.1) is 0 Å². The Morgan fingerprint density at radius 1 is 1.11 bits per heavy atom. The van der Waals surface area contributed by atoms with Crippen LogP contribution < -0.4 is 0 Å². The lowest BCUT2D eigenvalue weighted by atomic mass is 10.0. The van der Waals surface area contributed by atoms with E-state index in [1.807, 2.05) is 20.8 Å². The Hall–Kier alpha value is -0.340. The summed E-state index contributed by atoms with van der Waals surface area (Å²) in [5.41, 5.74) is -0.0840. The molecular formula is C11H19F3N2O2S. The fourth-order valence-electron chi connectivity index (χ4n) is 3.08. The highest BCUT2D eigenvalue weighted by Gasteiger charge is 2.52. The minimum atomic E-state index is -4.68. The van der Waals surface area contributed by atoms with Gasteiger partial charge in [-0.2, -0.15) is 17.5 Å². The van der Waals surface area contributed by atoms with Crippen LogP contribution in [0.1, 0.15) is 27.2 Å². The van der Waals surface area contributed by atoms with Crippen molar-refractivity contribution in [2.75, 3.05) is 18.8 Å². The van der Waals surface area contributed by atoms with E-state index in [9.17, 15) is 21.6 Å². The number of sulfonamides is 1. The molecule has 0 amide bonds. The topological polar surface area (TPSA) is 40.6 Å². The molecule has 2 atom stereocenters. The van der Waals surface area contributed by atoms with E-state index in [0.717, 1.165) is 4.31 Å². The molecule has 2 fully saturated rings. The Labute approximate surface area is 111 Å². The van der Waals surface area contributed by atoms with Gasteiger partial charge in [-0.05, 0) is 27.2 Å². The zero-order chi connectivity index (χ0) is 14.6. The molecule has 2 heterocycles. The van der Waals surface area contributed by atoms with E-state index in [1.165, 1.54) is 0 Å². The third-order valence-corrected chi connectivity index (χ3v) is 5.61. The number of alkyl halides is 3. The second kappa shape index (κ2) is 4.33. The first kappa shape index (κ1) is 15.1. The second-order valence-electron chi connectivity index (χ2n) is 6.31. The van der Waals surface area contributed by atoms with Gasteiger partial charge in [-0.25, -0.2) is 8.42 Å². The van der Waals surface area contributed by atoms with Crippen LogP contribution in [0.15, 0.2) is 0 Å². The highest BCUT2D eigenvalue weighted by molar-refractivity contribution is 7.89. The Kier molecular flexibility index (Phi) is 3.43. The predicted molar refractivity (Wildman–Crippen MR) is 65.2 cm³/mol. The fraction of sp³-hybridized carbons (Fsp3) is 1.00. The van der Waals surface area contributed by atoms with Crippen LogP contribution in [0.5, 0.6) is 0 Å². The number of piperazine rings is 1. The van der Waals surface area contributed by atoms with Gasteiger partial charge in [0.2, 0.25) is 10.0 Å². The molecular weight excluding hydrogens is 281 g/mol. The first-order valence-electron chi connectivity index (χ1n) is 6.23. The van der Waals surface area contributed by atoms with Gasteiger partial charge >= 0.3 is 6.18 Å². The van der Waals surface area contributed by atoms with Crippen molar-refractivity contribution in [3.63, 3.8) is 0 Å². The van der Waals surface area contributed by atoms with Crippen LogP contribution in [0.3, 0.4) is 0 Å². The average Bonchev–Trinajstić information content (AvgIpc) is 2.69. The van der Waals surface area contributed by atoms with Crippen molar-refractivity contribution in [3.8, 4) is 0 Å². The lowest BCUT2D eigenvalue weighted by molar-refractivity contribution is -0.107. The molecule has 0 radical (unpaired) electrons. The smallest absolute Gasteiger partial charge is 0.293 e. The number of fused-ring (bicyclic) bond motifs is 2. The van der Waals surface area contributed by atoms with Crippen LogP contribution in [0.2, 0.25) is 0 Å². The van der Waals surface area contributed by atoms with Crippen molar-refractivity contribution >= 4 is 10.0 Å². The van der Waals surface area contributed by atoms with Gasteiger partial charge in [0.1, 0.15) is 0 Å². The molecule has 0 aromatic carbocycles. The largest absolute Gasteiger partial charge is 0.404 e. The van der Waals surface area contributed by atoms with Gasteiger partial charge in [0.15, 0.2) is 5.75 Å². The molecule has 0 saturated carbocycles. The zero-order valence-corrected chi connectivity index (χ0v) is 12.1. The molecule has 2 unspecified atom stereocenters. The van der Waals surface area contributed by atoms with E-state index in [2.05, 4.69) is 4.90 Å². The maximum Gasteiger partial charge on any atom is 0.404 e. The average molecular weight is 300 g/mol. The van der Waals surface area contributed by atoms with E-state index in [0.29, 0.717) is 13.0 Å². The van der Waals surface area contributed by atoms with Crippen LogP contribution in [-0.4, -0.2) is 60.3 Å². The minimum absolute atomic E-state index is 0.0352. The Balaban J connectivity index is 2.09. The number of halogens is 3. The van der Waals surface area contributed by atoms with Crippen molar-refractivity contribution in [2.45, 2.75) is 51.0 Å². The number of likely N-dealkylation sites (tertiary alicyclic amines) is 1. The Morgan fingerprint density at radius 3 is 2.05 bits per heavy atom. The molecule has 2 rings (SSSR count). The van der Waals surface area contributed by atoms with Gasteiger partial charge in [-0.3, -0.25) is 4.90 Å². The molecule has 19 heavy (non-hydrogen) atoms. The third-order valence-electron chi connectivity index (χ3n) is 3.76. The summed E-state index contributed by atoms with van der Waals surface area (Å²) in [6.07, 6.45) is -4.04. The summed E-state index contributed by atoms with van der Waals surface area (Å²) in [7, 11) is -4.24. The number of nitrogens with zero attached hydrogens (tertiary/aromatic N) is 2. The summed E-state index contributed by atoms with van der Waals surface area (Å²) in [5.74, 6) is -1.75. The Bertz CT molecular complexity index is 456. The summed E-state index contributed by atoms with van der Waals surface area (Å²) >= 11 is 0. The molecule has 0 aromatic rings. The maximum atomic E-state index is 12.3. The standard InChI is InChI=1S/C11H19F3N2O2S/c1-10(2,3)15-5-9-4-8(15)6-16(9)19(17,18)7-11(12,13)14/h8-9H,4-7H2,1-3H3. The molecule has 8 heteroatoms. The van der Waals surface area contributed by atoms with E-state index >= 15 is 0 Å². The molecule has 0 N–H and O–H groups in total. The molecule has 0 aliphatic carbocycles. The summed E-state index contributed by atoms with van der Waals surface area (Å²) < 4.78 is 61.5. The highest BCUT2D eigenvalue weighted by atomic mass is 32.2. The lowest BCUT2D eigenvalue weighted by Crippen LogP contribution is -2.55. The third kappa shape index (κ3) is 3.05. The number of hydrogen-bond acceptors (Lipinski definition) is 3. The molecule has 2 saturated heterocycles. The normalized spacial score (nSPS) is 30.2. The molecule has 4 nitrogen and oxygen atoms in total.